The molecule has 0 bridgehead atoms. The third-order valence-corrected chi connectivity index (χ3v) is 5.64. The van der Waals surface area contributed by atoms with Crippen molar-refractivity contribution in [1.82, 2.24) is 9.88 Å². The van der Waals surface area contributed by atoms with Gasteiger partial charge in [-0.15, -0.1) is 0 Å². The lowest BCUT2D eigenvalue weighted by Gasteiger charge is -2.22. The molecule has 1 aliphatic heterocycles. The van der Waals surface area contributed by atoms with E-state index in [-0.39, 0.29) is 17.5 Å². The van der Waals surface area contributed by atoms with Gasteiger partial charge in [0.2, 0.25) is 0 Å². The summed E-state index contributed by atoms with van der Waals surface area (Å²) >= 11 is 6.15. The van der Waals surface area contributed by atoms with Crippen LogP contribution >= 0.6 is 11.6 Å². The molecular weight excluding hydrogens is 390 g/mol. The van der Waals surface area contributed by atoms with Crippen molar-refractivity contribution in [3.63, 3.8) is 0 Å². The van der Waals surface area contributed by atoms with Gasteiger partial charge in [0.05, 0.1) is 23.9 Å². The van der Waals surface area contributed by atoms with Gasteiger partial charge in [-0.3, -0.25) is 9.59 Å². The van der Waals surface area contributed by atoms with Crippen molar-refractivity contribution in [2.75, 3.05) is 25.1 Å². The fourth-order valence-corrected chi connectivity index (χ4v) is 4.04. The Labute approximate surface area is 173 Å². The molecule has 1 aromatic heterocycles. The molecule has 1 N–H and O–H groups in total. The van der Waals surface area contributed by atoms with Gasteiger partial charge in [0, 0.05) is 42.7 Å². The summed E-state index contributed by atoms with van der Waals surface area (Å²) in [5.74, 6) is 0.516. The fourth-order valence-electron chi connectivity index (χ4n) is 3.87. The van der Waals surface area contributed by atoms with Crippen LogP contribution in [0.15, 0.2) is 53.3 Å². The largest absolute Gasteiger partial charge is 0.495 e. The maximum absolute atomic E-state index is 13.0. The third kappa shape index (κ3) is 3.68. The predicted octanol–water partition coefficient (Wildman–Crippen LogP) is 3.21. The number of hydrogen-bond acceptors (Lipinski definition) is 4. The first kappa shape index (κ1) is 19.3. The molecule has 6 nitrogen and oxygen atoms in total. The van der Waals surface area contributed by atoms with Crippen LogP contribution in [-0.4, -0.2) is 36.7 Å². The van der Waals surface area contributed by atoms with Crippen molar-refractivity contribution in [1.29, 1.82) is 0 Å². The number of hydrogen-bond donors (Lipinski definition) is 1. The van der Waals surface area contributed by atoms with E-state index in [0.29, 0.717) is 17.1 Å². The molecule has 2 heterocycles. The van der Waals surface area contributed by atoms with Crippen LogP contribution in [0.25, 0.3) is 10.9 Å². The lowest BCUT2D eigenvalue weighted by Crippen LogP contribution is -2.38. The molecule has 0 aliphatic carbocycles. The first-order valence-corrected chi connectivity index (χ1v) is 9.84. The second-order valence-corrected chi connectivity index (χ2v) is 7.63. The average molecular weight is 412 g/mol. The van der Waals surface area contributed by atoms with E-state index >= 15 is 0 Å². The second kappa shape index (κ2) is 7.79. The number of amides is 1. The van der Waals surface area contributed by atoms with Crippen LogP contribution in [0.5, 0.6) is 5.75 Å². The molecule has 3 aromatic rings. The molecular formula is C22H22ClN3O3. The number of para-hydroxylation sites is 1. The number of halogens is 1. The van der Waals surface area contributed by atoms with Gasteiger partial charge in [-0.05, 0) is 30.7 Å². The monoisotopic (exact) mass is 411 g/mol. The van der Waals surface area contributed by atoms with Gasteiger partial charge in [0.15, 0.2) is 0 Å². The topological polar surface area (TPSA) is 63.6 Å². The molecule has 29 heavy (non-hydrogen) atoms. The number of ether oxygens (including phenoxy) is 1. The molecule has 1 amide bonds. The van der Waals surface area contributed by atoms with Crippen molar-refractivity contribution in [3.8, 4) is 5.75 Å². The molecule has 1 saturated heterocycles. The van der Waals surface area contributed by atoms with Crippen LogP contribution in [-0.2, 0) is 7.05 Å². The summed E-state index contributed by atoms with van der Waals surface area (Å²) in [6.07, 6.45) is 0.796. The zero-order chi connectivity index (χ0) is 20.5. The SMILES string of the molecule is COc1ccc(Cl)cc1N1CCC(NC(=O)c2cc(=O)n(C)c3ccccc23)C1. The Balaban J connectivity index is 1.55. The van der Waals surface area contributed by atoms with Crippen molar-refractivity contribution in [3.05, 3.63) is 69.5 Å². The summed E-state index contributed by atoms with van der Waals surface area (Å²) in [6, 6.07) is 14.3. The summed E-state index contributed by atoms with van der Waals surface area (Å²) < 4.78 is 7.00. The molecule has 0 spiro atoms. The minimum atomic E-state index is -0.233. The molecule has 0 saturated carbocycles. The fraction of sp³-hybridized carbons (Fsp3) is 0.273. The number of pyridine rings is 1. The number of nitrogens with one attached hydrogen (secondary N) is 1. The van der Waals surface area contributed by atoms with E-state index in [2.05, 4.69) is 10.2 Å². The summed E-state index contributed by atoms with van der Waals surface area (Å²) in [6.45, 7) is 1.42. The standard InChI is InChI=1S/C22H22ClN3O3/c1-25-18-6-4-3-5-16(18)17(12-21(25)27)22(28)24-15-9-10-26(13-15)19-11-14(23)7-8-20(19)29-2/h3-8,11-12,15H,9-10,13H2,1-2H3,(H,24,28). The Kier molecular flexibility index (Phi) is 5.20. The predicted molar refractivity (Wildman–Crippen MR) is 115 cm³/mol. The molecule has 1 aliphatic rings. The second-order valence-electron chi connectivity index (χ2n) is 7.19. The highest BCUT2D eigenvalue weighted by Gasteiger charge is 2.27. The molecule has 2 aromatic carbocycles. The van der Waals surface area contributed by atoms with Crippen LogP contribution in [0.2, 0.25) is 5.02 Å². The molecule has 1 fully saturated rings. The molecule has 1 unspecified atom stereocenters. The van der Waals surface area contributed by atoms with Crippen LogP contribution in [0.3, 0.4) is 0 Å². The number of benzene rings is 2. The van der Waals surface area contributed by atoms with E-state index in [1.807, 2.05) is 36.4 Å². The minimum Gasteiger partial charge on any atom is -0.495 e. The van der Waals surface area contributed by atoms with Crippen LogP contribution in [0.4, 0.5) is 5.69 Å². The van der Waals surface area contributed by atoms with Gasteiger partial charge in [0.25, 0.3) is 11.5 Å². The number of carbonyl (C=O) groups is 1. The minimum absolute atomic E-state index is 0.0333. The van der Waals surface area contributed by atoms with Crippen molar-refractivity contribution >= 4 is 34.1 Å². The summed E-state index contributed by atoms with van der Waals surface area (Å²) in [4.78, 5) is 27.4. The zero-order valence-corrected chi connectivity index (χ0v) is 17.1. The highest BCUT2D eigenvalue weighted by atomic mass is 35.5. The van der Waals surface area contributed by atoms with Crippen LogP contribution in [0.1, 0.15) is 16.8 Å². The van der Waals surface area contributed by atoms with Crippen molar-refractivity contribution in [2.45, 2.75) is 12.5 Å². The van der Waals surface area contributed by atoms with E-state index < -0.39 is 0 Å². The normalized spacial score (nSPS) is 16.2. The molecule has 7 heteroatoms. The average Bonchev–Trinajstić information content (AvgIpc) is 3.19. The summed E-state index contributed by atoms with van der Waals surface area (Å²) in [7, 11) is 3.34. The van der Waals surface area contributed by atoms with Crippen LogP contribution in [0, 0.1) is 0 Å². The third-order valence-electron chi connectivity index (χ3n) is 5.40. The maximum Gasteiger partial charge on any atom is 0.252 e. The van der Waals surface area contributed by atoms with Gasteiger partial charge >= 0.3 is 0 Å². The van der Waals surface area contributed by atoms with E-state index in [1.54, 1.807) is 24.8 Å². The Morgan fingerprint density at radius 1 is 1.21 bits per heavy atom. The number of aryl methyl sites for hydroxylation is 1. The quantitative estimate of drug-likeness (QED) is 0.716. The van der Waals surface area contributed by atoms with Gasteiger partial charge < -0.3 is 19.5 Å². The Hall–Kier alpha value is -2.99. The molecule has 4 rings (SSSR count). The lowest BCUT2D eigenvalue weighted by atomic mass is 10.1. The van der Waals surface area contributed by atoms with Gasteiger partial charge in [-0.2, -0.15) is 0 Å². The van der Waals surface area contributed by atoms with Gasteiger partial charge in [-0.1, -0.05) is 29.8 Å². The number of rotatable bonds is 4. The first-order chi connectivity index (χ1) is 14.0. The number of carbonyl (C=O) groups excluding carboxylic acids is 1. The maximum atomic E-state index is 13.0. The number of fused-ring (bicyclic) bond motifs is 1. The molecule has 150 valence electrons. The van der Waals surface area contributed by atoms with Crippen LogP contribution < -0.4 is 20.5 Å². The van der Waals surface area contributed by atoms with E-state index in [9.17, 15) is 9.59 Å². The van der Waals surface area contributed by atoms with E-state index in [1.165, 1.54) is 6.07 Å². The number of anilines is 1. The Bertz CT molecular complexity index is 1140. The summed E-state index contributed by atoms with van der Waals surface area (Å²) in [5.41, 5.74) is 1.85. The number of nitrogens with zero attached hydrogens (tertiary/aromatic N) is 2. The number of methoxy groups -OCH3 is 1. The Morgan fingerprint density at radius 2 is 2.00 bits per heavy atom. The van der Waals surface area contributed by atoms with Gasteiger partial charge in [0.1, 0.15) is 5.75 Å². The van der Waals surface area contributed by atoms with E-state index in [0.717, 1.165) is 35.3 Å². The smallest absolute Gasteiger partial charge is 0.252 e. The van der Waals surface area contributed by atoms with E-state index in [4.69, 9.17) is 16.3 Å². The Morgan fingerprint density at radius 3 is 2.79 bits per heavy atom. The molecule has 1 atom stereocenters. The molecule has 0 radical (unpaired) electrons. The van der Waals surface area contributed by atoms with Crippen molar-refractivity contribution in [2.24, 2.45) is 7.05 Å². The highest BCUT2D eigenvalue weighted by molar-refractivity contribution is 6.31. The zero-order valence-electron chi connectivity index (χ0n) is 16.3. The number of aromatic nitrogens is 1. The van der Waals surface area contributed by atoms with Gasteiger partial charge in [-0.25, -0.2) is 0 Å². The lowest BCUT2D eigenvalue weighted by molar-refractivity contribution is 0.0942. The first-order valence-electron chi connectivity index (χ1n) is 9.46. The van der Waals surface area contributed by atoms with Crippen molar-refractivity contribution < 1.29 is 9.53 Å². The summed E-state index contributed by atoms with van der Waals surface area (Å²) in [5, 5.41) is 4.48. The highest BCUT2D eigenvalue weighted by Crippen LogP contribution is 2.33.